The summed E-state index contributed by atoms with van der Waals surface area (Å²) < 4.78 is 4.97. The molecule has 1 aliphatic rings. The summed E-state index contributed by atoms with van der Waals surface area (Å²) in [7, 11) is 0. The fraction of sp³-hybridized carbons (Fsp3) is 0.316. The summed E-state index contributed by atoms with van der Waals surface area (Å²) in [4.78, 5) is 30.1. The molecular formula is C19H21N7O2. The molecule has 28 heavy (non-hydrogen) atoms. The number of nitrogens with one attached hydrogen (secondary N) is 1. The van der Waals surface area contributed by atoms with E-state index in [0.717, 1.165) is 37.8 Å². The largest absolute Gasteiger partial charge is 0.360 e. The highest BCUT2D eigenvalue weighted by atomic mass is 16.5. The van der Waals surface area contributed by atoms with Crippen LogP contribution in [-0.4, -0.2) is 52.2 Å². The molecule has 0 aliphatic carbocycles. The van der Waals surface area contributed by atoms with E-state index >= 15 is 0 Å². The molecule has 1 N–H and O–H groups in total. The number of carbonyl (C=O) groups is 1. The maximum absolute atomic E-state index is 12.5. The number of pyridine rings is 1. The first-order chi connectivity index (χ1) is 13.6. The van der Waals surface area contributed by atoms with Crippen LogP contribution in [-0.2, 0) is 0 Å². The van der Waals surface area contributed by atoms with Gasteiger partial charge >= 0.3 is 0 Å². The van der Waals surface area contributed by atoms with Gasteiger partial charge in [-0.05, 0) is 26.0 Å². The van der Waals surface area contributed by atoms with Crippen LogP contribution < -0.4 is 15.1 Å². The van der Waals surface area contributed by atoms with Crippen LogP contribution in [0.5, 0.6) is 0 Å². The molecule has 4 rings (SSSR count). The highest BCUT2D eigenvalue weighted by molar-refractivity contribution is 6.02. The summed E-state index contributed by atoms with van der Waals surface area (Å²) in [6.45, 7) is 6.79. The Hall–Kier alpha value is -3.49. The van der Waals surface area contributed by atoms with Crippen molar-refractivity contribution < 1.29 is 9.32 Å². The number of carbonyl (C=O) groups excluding carboxylic acids is 1. The lowest BCUT2D eigenvalue weighted by Crippen LogP contribution is -2.47. The summed E-state index contributed by atoms with van der Waals surface area (Å²) in [6.07, 6.45) is 1.80. The van der Waals surface area contributed by atoms with Crippen molar-refractivity contribution in [3.63, 3.8) is 0 Å². The van der Waals surface area contributed by atoms with Gasteiger partial charge in [0.05, 0.1) is 0 Å². The highest BCUT2D eigenvalue weighted by Crippen LogP contribution is 2.19. The maximum Gasteiger partial charge on any atom is 0.275 e. The molecule has 0 unspecified atom stereocenters. The third kappa shape index (κ3) is 3.93. The Kier molecular flexibility index (Phi) is 4.88. The number of piperazine rings is 1. The fourth-order valence-corrected chi connectivity index (χ4v) is 3.14. The van der Waals surface area contributed by atoms with E-state index in [9.17, 15) is 4.79 Å². The standard InChI is InChI=1S/C19H21N7O2/c1-13-11-16(24-28-13)23-19(27)15-12-18(22-14(2)21-15)26-9-7-25(8-10-26)17-5-3-4-6-20-17/h3-6,11-12H,7-10H2,1-2H3,(H,23,24,27). The number of anilines is 3. The first-order valence-corrected chi connectivity index (χ1v) is 9.10. The fourth-order valence-electron chi connectivity index (χ4n) is 3.14. The molecule has 9 heteroatoms. The van der Waals surface area contributed by atoms with Gasteiger partial charge in [-0.15, -0.1) is 0 Å². The van der Waals surface area contributed by atoms with Crippen LogP contribution in [0, 0.1) is 13.8 Å². The van der Waals surface area contributed by atoms with Gasteiger partial charge in [0, 0.05) is 44.5 Å². The van der Waals surface area contributed by atoms with Gasteiger partial charge < -0.3 is 19.6 Å². The second-order valence-electron chi connectivity index (χ2n) is 6.60. The van der Waals surface area contributed by atoms with Crippen molar-refractivity contribution in [2.45, 2.75) is 13.8 Å². The number of amides is 1. The van der Waals surface area contributed by atoms with Crippen molar-refractivity contribution in [3.05, 3.63) is 53.8 Å². The molecule has 1 amide bonds. The summed E-state index contributed by atoms with van der Waals surface area (Å²) in [5.74, 6) is 2.92. The van der Waals surface area contributed by atoms with Crippen molar-refractivity contribution in [2.75, 3.05) is 41.3 Å². The zero-order valence-corrected chi connectivity index (χ0v) is 15.8. The summed E-state index contributed by atoms with van der Waals surface area (Å²) in [6, 6.07) is 9.29. The van der Waals surface area contributed by atoms with E-state index in [1.165, 1.54) is 0 Å². The molecule has 3 aromatic heterocycles. The van der Waals surface area contributed by atoms with E-state index in [4.69, 9.17) is 4.52 Å². The monoisotopic (exact) mass is 379 g/mol. The van der Waals surface area contributed by atoms with Gasteiger partial charge in [0.25, 0.3) is 5.91 Å². The van der Waals surface area contributed by atoms with Crippen LogP contribution in [0.3, 0.4) is 0 Å². The topological polar surface area (TPSA) is 100 Å². The molecule has 0 bridgehead atoms. The van der Waals surface area contributed by atoms with Crippen molar-refractivity contribution in [1.29, 1.82) is 0 Å². The van der Waals surface area contributed by atoms with Crippen molar-refractivity contribution in [2.24, 2.45) is 0 Å². The Morgan fingerprint density at radius 3 is 2.43 bits per heavy atom. The van der Waals surface area contributed by atoms with E-state index in [-0.39, 0.29) is 5.91 Å². The minimum atomic E-state index is -0.341. The average molecular weight is 379 g/mol. The van der Waals surface area contributed by atoms with E-state index in [2.05, 4.69) is 35.2 Å². The number of nitrogens with zero attached hydrogens (tertiary/aromatic N) is 6. The molecule has 1 aliphatic heterocycles. The van der Waals surface area contributed by atoms with Gasteiger partial charge in [0.2, 0.25) is 0 Å². The molecular weight excluding hydrogens is 358 g/mol. The van der Waals surface area contributed by atoms with Crippen LogP contribution in [0.15, 0.2) is 41.1 Å². The lowest BCUT2D eigenvalue weighted by molar-refractivity contribution is 0.102. The smallest absolute Gasteiger partial charge is 0.275 e. The third-order valence-electron chi connectivity index (χ3n) is 4.50. The first-order valence-electron chi connectivity index (χ1n) is 9.10. The Labute approximate surface area is 162 Å². The quantitative estimate of drug-likeness (QED) is 0.735. The lowest BCUT2D eigenvalue weighted by atomic mass is 10.2. The third-order valence-corrected chi connectivity index (χ3v) is 4.50. The van der Waals surface area contributed by atoms with Gasteiger partial charge in [0.1, 0.15) is 28.9 Å². The van der Waals surface area contributed by atoms with Crippen LogP contribution >= 0.6 is 0 Å². The molecule has 0 saturated carbocycles. The lowest BCUT2D eigenvalue weighted by Gasteiger charge is -2.36. The minimum Gasteiger partial charge on any atom is -0.360 e. The second-order valence-corrected chi connectivity index (χ2v) is 6.60. The predicted molar refractivity (Wildman–Crippen MR) is 105 cm³/mol. The van der Waals surface area contributed by atoms with Gasteiger partial charge in [-0.25, -0.2) is 15.0 Å². The van der Waals surface area contributed by atoms with Crippen molar-refractivity contribution in [3.8, 4) is 0 Å². The molecule has 0 spiro atoms. The summed E-state index contributed by atoms with van der Waals surface area (Å²) in [5.41, 5.74) is 0.301. The SMILES string of the molecule is Cc1nc(C(=O)Nc2cc(C)on2)cc(N2CCN(c3ccccn3)CC2)n1. The Balaban J connectivity index is 1.46. The molecule has 0 atom stereocenters. The Morgan fingerprint density at radius 1 is 1.04 bits per heavy atom. The van der Waals surface area contributed by atoms with E-state index in [1.54, 1.807) is 32.2 Å². The predicted octanol–water partition coefficient (Wildman–Crippen LogP) is 2.06. The van der Waals surface area contributed by atoms with Crippen molar-refractivity contribution >= 4 is 23.4 Å². The molecule has 3 aromatic rings. The molecule has 0 aromatic carbocycles. The van der Waals surface area contributed by atoms with E-state index < -0.39 is 0 Å². The van der Waals surface area contributed by atoms with Gasteiger partial charge in [0.15, 0.2) is 5.82 Å². The van der Waals surface area contributed by atoms with Crippen molar-refractivity contribution in [1.82, 2.24) is 20.1 Å². The van der Waals surface area contributed by atoms with Crippen LogP contribution in [0.4, 0.5) is 17.5 Å². The summed E-state index contributed by atoms with van der Waals surface area (Å²) >= 11 is 0. The Morgan fingerprint density at radius 2 is 1.79 bits per heavy atom. The normalized spacial score (nSPS) is 14.2. The molecule has 144 valence electrons. The minimum absolute atomic E-state index is 0.301. The number of rotatable bonds is 4. The van der Waals surface area contributed by atoms with Crippen LogP contribution in [0.1, 0.15) is 22.1 Å². The molecule has 0 radical (unpaired) electrons. The van der Waals surface area contributed by atoms with E-state index in [1.807, 2.05) is 18.2 Å². The number of aromatic nitrogens is 4. The number of aryl methyl sites for hydroxylation is 2. The highest BCUT2D eigenvalue weighted by Gasteiger charge is 2.21. The molecule has 1 saturated heterocycles. The van der Waals surface area contributed by atoms with Crippen LogP contribution in [0.25, 0.3) is 0 Å². The van der Waals surface area contributed by atoms with Crippen LogP contribution in [0.2, 0.25) is 0 Å². The molecule has 1 fully saturated rings. The number of hydrogen-bond acceptors (Lipinski definition) is 8. The van der Waals surface area contributed by atoms with Gasteiger partial charge in [-0.2, -0.15) is 0 Å². The van der Waals surface area contributed by atoms with E-state index in [0.29, 0.717) is 23.1 Å². The zero-order valence-electron chi connectivity index (χ0n) is 15.8. The maximum atomic E-state index is 12.5. The Bertz CT molecular complexity index is 965. The first kappa shape index (κ1) is 17.9. The molecule has 9 nitrogen and oxygen atoms in total. The van der Waals surface area contributed by atoms with Gasteiger partial charge in [-0.3, -0.25) is 4.79 Å². The van der Waals surface area contributed by atoms with Gasteiger partial charge in [-0.1, -0.05) is 11.2 Å². The number of hydrogen-bond donors (Lipinski definition) is 1. The molecule has 4 heterocycles. The second kappa shape index (κ2) is 7.63. The summed E-state index contributed by atoms with van der Waals surface area (Å²) in [5, 5.41) is 6.48. The average Bonchev–Trinajstić information content (AvgIpc) is 3.13. The zero-order chi connectivity index (χ0) is 19.5.